The maximum absolute atomic E-state index is 13.4. The summed E-state index contributed by atoms with van der Waals surface area (Å²) in [6, 6.07) is 7.82. The summed E-state index contributed by atoms with van der Waals surface area (Å²) in [5.74, 6) is 0.727. The molecule has 0 atom stereocenters. The van der Waals surface area contributed by atoms with E-state index in [2.05, 4.69) is 30.1 Å². The minimum Gasteiger partial charge on any atom is -0.390 e. The zero-order chi connectivity index (χ0) is 28.5. The Morgan fingerprint density at radius 2 is 1.61 bits per heavy atom. The molecule has 5 heterocycles. The molecule has 41 heavy (non-hydrogen) atoms. The second-order valence-corrected chi connectivity index (χ2v) is 10.8. The number of aliphatic hydroxyl groups excluding tert-OH is 1. The summed E-state index contributed by atoms with van der Waals surface area (Å²) in [6.07, 6.45) is 9.25. The van der Waals surface area contributed by atoms with Crippen LogP contribution < -0.4 is 20.7 Å². The third kappa shape index (κ3) is 5.24. The summed E-state index contributed by atoms with van der Waals surface area (Å²) in [7, 11) is 0. The number of hydrogen-bond donors (Lipinski definition) is 2. The number of aromatic nitrogens is 5. The minimum atomic E-state index is -0.264. The first kappa shape index (κ1) is 26.8. The van der Waals surface area contributed by atoms with E-state index in [9.17, 15) is 14.7 Å². The first-order chi connectivity index (χ1) is 19.9. The van der Waals surface area contributed by atoms with E-state index in [0.29, 0.717) is 28.7 Å². The Morgan fingerprint density at radius 1 is 0.951 bits per heavy atom. The van der Waals surface area contributed by atoms with Gasteiger partial charge in [-0.05, 0) is 56.5 Å². The summed E-state index contributed by atoms with van der Waals surface area (Å²) >= 11 is 0. The van der Waals surface area contributed by atoms with Crippen LogP contribution in [0.25, 0.3) is 11.0 Å². The molecule has 2 fully saturated rings. The molecule has 1 aliphatic carbocycles. The van der Waals surface area contributed by atoms with Crippen molar-refractivity contribution in [2.24, 2.45) is 0 Å². The van der Waals surface area contributed by atoms with Gasteiger partial charge < -0.3 is 20.2 Å². The number of fused-ring (bicyclic) bond motifs is 1. The topological polar surface area (TPSA) is 129 Å². The molecule has 4 aromatic heterocycles. The zero-order valence-corrected chi connectivity index (χ0v) is 23.4. The molecule has 11 nitrogen and oxygen atoms in total. The SMILES string of the molecule is CC(=O)c1c(C)c2cnc(Nc3ccc(N4CCN(c5ccc(CO)nc5)CC4)cn3)nc2n(C2CCCC2)c1=O. The fourth-order valence-corrected chi connectivity index (χ4v) is 5.99. The summed E-state index contributed by atoms with van der Waals surface area (Å²) in [4.78, 5) is 48.5. The van der Waals surface area contributed by atoms with E-state index in [1.165, 1.54) is 6.92 Å². The molecule has 2 N–H and O–H groups in total. The number of aliphatic hydroxyl groups is 1. The van der Waals surface area contributed by atoms with E-state index >= 15 is 0 Å². The summed E-state index contributed by atoms with van der Waals surface area (Å²) in [6.45, 7) is 6.60. The lowest BCUT2D eigenvalue weighted by Gasteiger charge is -2.37. The van der Waals surface area contributed by atoms with Gasteiger partial charge in [0.1, 0.15) is 11.5 Å². The van der Waals surface area contributed by atoms with Gasteiger partial charge in [-0.1, -0.05) is 12.8 Å². The van der Waals surface area contributed by atoms with Crippen molar-refractivity contribution < 1.29 is 9.90 Å². The Kier molecular flexibility index (Phi) is 7.36. The highest BCUT2D eigenvalue weighted by atomic mass is 16.3. The fraction of sp³-hybridized carbons (Fsp3) is 0.400. The van der Waals surface area contributed by atoms with Gasteiger partial charge in [-0.15, -0.1) is 0 Å². The summed E-state index contributed by atoms with van der Waals surface area (Å²) < 4.78 is 1.71. The number of hydrogen-bond acceptors (Lipinski definition) is 10. The summed E-state index contributed by atoms with van der Waals surface area (Å²) in [5.41, 5.74) is 3.90. The molecule has 0 radical (unpaired) electrons. The van der Waals surface area contributed by atoms with Gasteiger partial charge in [0.15, 0.2) is 5.78 Å². The molecule has 212 valence electrons. The molecule has 0 aromatic carbocycles. The smallest absolute Gasteiger partial charge is 0.263 e. The number of Topliss-reactive ketones (excluding diaryl/α,β-unsaturated/α-hetero) is 1. The predicted molar refractivity (Wildman–Crippen MR) is 158 cm³/mol. The first-order valence-electron chi connectivity index (χ1n) is 14.1. The van der Waals surface area contributed by atoms with Gasteiger partial charge in [-0.3, -0.25) is 19.1 Å². The number of aryl methyl sites for hydroxylation is 1. The maximum Gasteiger partial charge on any atom is 0.263 e. The van der Waals surface area contributed by atoms with Crippen LogP contribution in [0.1, 0.15) is 60.3 Å². The van der Waals surface area contributed by atoms with E-state index in [1.807, 2.05) is 36.7 Å². The number of carbonyl (C=O) groups excluding carboxylic acids is 1. The van der Waals surface area contributed by atoms with Crippen LogP contribution in [-0.2, 0) is 6.61 Å². The van der Waals surface area contributed by atoms with Gasteiger partial charge in [0.05, 0.1) is 41.6 Å². The molecular weight excluding hydrogens is 520 g/mol. The van der Waals surface area contributed by atoms with E-state index in [4.69, 9.17) is 4.98 Å². The standard InChI is InChI=1S/C30H34N8O3/c1-19-25-17-33-30(35-28(25)38(22-5-3-4-6-22)29(41)27(19)20(2)40)34-26-10-9-24(16-32-26)37-13-11-36(12-14-37)23-8-7-21(18-39)31-15-23/h7-10,15-17,22,39H,3-6,11-14,18H2,1-2H3,(H,32,33,34,35). The van der Waals surface area contributed by atoms with Crippen molar-refractivity contribution in [3.63, 3.8) is 0 Å². The van der Waals surface area contributed by atoms with Gasteiger partial charge in [0.25, 0.3) is 5.56 Å². The van der Waals surface area contributed by atoms with Crippen LogP contribution in [0.5, 0.6) is 0 Å². The lowest BCUT2D eigenvalue weighted by molar-refractivity contribution is 0.101. The number of rotatable bonds is 7. The highest BCUT2D eigenvalue weighted by molar-refractivity contribution is 5.99. The number of ketones is 1. The van der Waals surface area contributed by atoms with Crippen LogP contribution in [0.4, 0.5) is 23.1 Å². The van der Waals surface area contributed by atoms with Crippen molar-refractivity contribution in [1.29, 1.82) is 0 Å². The van der Waals surface area contributed by atoms with Crippen molar-refractivity contribution in [2.45, 2.75) is 52.2 Å². The third-order valence-electron chi connectivity index (χ3n) is 8.22. The van der Waals surface area contributed by atoms with Gasteiger partial charge in [-0.2, -0.15) is 4.98 Å². The fourth-order valence-electron chi connectivity index (χ4n) is 5.99. The molecule has 1 saturated carbocycles. The summed E-state index contributed by atoms with van der Waals surface area (Å²) in [5, 5.41) is 13.1. The minimum absolute atomic E-state index is 0.0282. The highest BCUT2D eigenvalue weighted by Crippen LogP contribution is 2.32. The normalized spacial score (nSPS) is 16.0. The molecule has 0 spiro atoms. The van der Waals surface area contributed by atoms with E-state index in [-0.39, 0.29) is 29.6 Å². The van der Waals surface area contributed by atoms with E-state index in [1.54, 1.807) is 17.7 Å². The van der Waals surface area contributed by atoms with Gasteiger partial charge >= 0.3 is 0 Å². The second-order valence-electron chi connectivity index (χ2n) is 10.8. The van der Waals surface area contributed by atoms with Crippen LogP contribution in [0.15, 0.2) is 47.7 Å². The lowest BCUT2D eigenvalue weighted by atomic mass is 10.0. The van der Waals surface area contributed by atoms with Crippen LogP contribution >= 0.6 is 0 Å². The Hall–Kier alpha value is -4.38. The number of nitrogens with zero attached hydrogens (tertiary/aromatic N) is 7. The monoisotopic (exact) mass is 554 g/mol. The van der Waals surface area contributed by atoms with Crippen molar-refractivity contribution in [1.82, 2.24) is 24.5 Å². The molecule has 1 saturated heterocycles. The van der Waals surface area contributed by atoms with Crippen molar-refractivity contribution in [2.75, 3.05) is 41.3 Å². The third-order valence-corrected chi connectivity index (χ3v) is 8.22. The van der Waals surface area contributed by atoms with Crippen molar-refractivity contribution >= 4 is 40.0 Å². The average molecular weight is 555 g/mol. The van der Waals surface area contributed by atoms with Gasteiger partial charge in [0, 0.05) is 43.8 Å². The largest absolute Gasteiger partial charge is 0.390 e. The Balaban J connectivity index is 1.19. The molecule has 11 heteroatoms. The molecule has 4 aromatic rings. The van der Waals surface area contributed by atoms with Crippen LogP contribution in [0.2, 0.25) is 0 Å². The van der Waals surface area contributed by atoms with Gasteiger partial charge in [0.2, 0.25) is 5.95 Å². The number of anilines is 4. The molecule has 0 bridgehead atoms. The molecular formula is C30H34N8O3. The average Bonchev–Trinajstić information content (AvgIpc) is 3.52. The number of carbonyl (C=O) groups is 1. The molecule has 0 amide bonds. The number of piperazine rings is 1. The van der Waals surface area contributed by atoms with Crippen molar-refractivity contribution in [3.8, 4) is 0 Å². The predicted octanol–water partition coefficient (Wildman–Crippen LogP) is 3.77. The molecule has 2 aliphatic rings. The van der Waals surface area contributed by atoms with Gasteiger partial charge in [-0.25, -0.2) is 9.97 Å². The molecule has 0 unspecified atom stereocenters. The van der Waals surface area contributed by atoms with Crippen LogP contribution in [-0.4, -0.2) is 61.6 Å². The van der Waals surface area contributed by atoms with Crippen LogP contribution in [0.3, 0.4) is 0 Å². The number of nitrogens with one attached hydrogen (secondary N) is 1. The molecule has 1 aliphatic heterocycles. The second kappa shape index (κ2) is 11.2. The first-order valence-corrected chi connectivity index (χ1v) is 14.1. The van der Waals surface area contributed by atoms with Crippen molar-refractivity contribution in [3.05, 3.63) is 70.0 Å². The lowest BCUT2D eigenvalue weighted by Crippen LogP contribution is -2.46. The van der Waals surface area contributed by atoms with E-state index in [0.717, 1.165) is 68.6 Å². The highest BCUT2D eigenvalue weighted by Gasteiger charge is 2.26. The maximum atomic E-state index is 13.4. The van der Waals surface area contributed by atoms with E-state index < -0.39 is 0 Å². The molecule has 6 rings (SSSR count). The Labute approximate surface area is 237 Å². The quantitative estimate of drug-likeness (QED) is 0.326. The van der Waals surface area contributed by atoms with Crippen LogP contribution in [0, 0.1) is 6.92 Å². The number of pyridine rings is 3. The zero-order valence-electron chi connectivity index (χ0n) is 23.4. The Morgan fingerprint density at radius 3 is 2.17 bits per heavy atom. The Bertz CT molecular complexity index is 1620.